The smallest absolute Gasteiger partial charge is 0.326 e. The van der Waals surface area contributed by atoms with E-state index in [1.165, 1.54) is 24.3 Å². The van der Waals surface area contributed by atoms with Gasteiger partial charge in [0.25, 0.3) is 5.69 Å². The number of nitrogens with one attached hydrogen (secondary N) is 2. The summed E-state index contributed by atoms with van der Waals surface area (Å²) in [6.07, 6.45) is 0.309. The minimum atomic E-state index is -1.11. The number of hydrogen-bond donors (Lipinski definition) is 3. The first-order chi connectivity index (χ1) is 9.79. The lowest BCUT2D eigenvalue weighted by Crippen LogP contribution is -2.43. The van der Waals surface area contributed by atoms with Gasteiger partial charge in [0.1, 0.15) is 6.04 Å². The Morgan fingerprint density at radius 3 is 2.29 bits per heavy atom. The second kappa shape index (κ2) is 7.22. The normalized spacial score (nSPS) is 11.8. The summed E-state index contributed by atoms with van der Waals surface area (Å²) in [6.45, 7) is 3.71. The molecule has 0 unspecified atom stereocenters. The Morgan fingerprint density at radius 1 is 1.29 bits per heavy atom. The average Bonchev–Trinajstić information content (AvgIpc) is 2.37. The molecule has 0 saturated heterocycles. The minimum Gasteiger partial charge on any atom is -0.480 e. The van der Waals surface area contributed by atoms with Crippen LogP contribution >= 0.6 is 0 Å². The van der Waals surface area contributed by atoms with Crippen molar-refractivity contribution >= 4 is 23.4 Å². The molecule has 0 bridgehead atoms. The average molecular weight is 295 g/mol. The molecule has 0 aliphatic rings. The van der Waals surface area contributed by atoms with Crippen molar-refractivity contribution < 1.29 is 19.6 Å². The highest BCUT2D eigenvalue weighted by atomic mass is 16.6. The third-order valence-corrected chi connectivity index (χ3v) is 2.65. The van der Waals surface area contributed by atoms with Crippen LogP contribution in [-0.4, -0.2) is 28.1 Å². The summed E-state index contributed by atoms with van der Waals surface area (Å²) in [5, 5.41) is 24.3. The molecule has 1 atom stereocenters. The largest absolute Gasteiger partial charge is 0.480 e. The molecule has 0 aliphatic carbocycles. The lowest BCUT2D eigenvalue weighted by atomic mass is 10.0. The topological polar surface area (TPSA) is 122 Å². The number of nitro groups is 1. The molecule has 0 saturated carbocycles. The summed E-state index contributed by atoms with van der Waals surface area (Å²) in [7, 11) is 0. The highest BCUT2D eigenvalue weighted by molar-refractivity contribution is 5.92. The van der Waals surface area contributed by atoms with Gasteiger partial charge in [0.15, 0.2) is 0 Å². The Morgan fingerprint density at radius 2 is 1.86 bits per heavy atom. The number of aliphatic carboxylic acids is 1. The Labute approximate surface area is 121 Å². The molecule has 0 aromatic heterocycles. The molecule has 21 heavy (non-hydrogen) atoms. The van der Waals surface area contributed by atoms with Crippen LogP contribution in [0.25, 0.3) is 0 Å². The number of carboxylic acids is 1. The third kappa shape index (κ3) is 5.47. The molecule has 2 amide bonds. The molecular weight excluding hydrogens is 278 g/mol. The van der Waals surface area contributed by atoms with Crippen LogP contribution in [0.2, 0.25) is 0 Å². The molecule has 114 valence electrons. The summed E-state index contributed by atoms with van der Waals surface area (Å²) in [4.78, 5) is 32.7. The van der Waals surface area contributed by atoms with Crippen molar-refractivity contribution in [2.75, 3.05) is 5.32 Å². The van der Waals surface area contributed by atoms with Gasteiger partial charge in [-0.2, -0.15) is 0 Å². The third-order valence-electron chi connectivity index (χ3n) is 2.65. The lowest BCUT2D eigenvalue weighted by molar-refractivity contribution is -0.384. The maximum absolute atomic E-state index is 11.7. The maximum Gasteiger partial charge on any atom is 0.326 e. The van der Waals surface area contributed by atoms with Gasteiger partial charge >= 0.3 is 12.0 Å². The number of carboxylic acid groups (broad SMARTS) is 1. The van der Waals surface area contributed by atoms with Crippen molar-refractivity contribution in [3.05, 3.63) is 34.4 Å². The number of carbonyl (C=O) groups excluding carboxylic acids is 1. The number of rotatable bonds is 6. The Kier molecular flexibility index (Phi) is 5.65. The molecule has 1 rings (SSSR count). The van der Waals surface area contributed by atoms with E-state index in [1.807, 2.05) is 13.8 Å². The molecule has 1 aromatic rings. The highest BCUT2D eigenvalue weighted by Crippen LogP contribution is 2.15. The van der Waals surface area contributed by atoms with Gasteiger partial charge in [0.05, 0.1) is 4.92 Å². The highest BCUT2D eigenvalue weighted by Gasteiger charge is 2.21. The maximum atomic E-state index is 11.7. The number of benzene rings is 1. The number of hydrogen-bond acceptors (Lipinski definition) is 4. The van der Waals surface area contributed by atoms with E-state index in [0.717, 1.165) is 0 Å². The molecule has 8 heteroatoms. The number of urea groups is 1. The molecule has 0 radical (unpaired) electrons. The second-order valence-electron chi connectivity index (χ2n) is 4.92. The summed E-state index contributed by atoms with van der Waals surface area (Å²) in [5.41, 5.74) is 0.246. The SMILES string of the molecule is CC(C)C[C@@H](NC(=O)Nc1ccc([N+](=O)[O-])cc1)C(=O)O. The first kappa shape index (κ1) is 16.4. The molecule has 8 nitrogen and oxygen atoms in total. The van der Waals surface area contributed by atoms with E-state index in [4.69, 9.17) is 5.11 Å². The summed E-state index contributed by atoms with van der Waals surface area (Å²) < 4.78 is 0. The van der Waals surface area contributed by atoms with Gasteiger partial charge in [-0.3, -0.25) is 10.1 Å². The zero-order valence-corrected chi connectivity index (χ0v) is 11.7. The van der Waals surface area contributed by atoms with Crippen molar-refractivity contribution in [1.29, 1.82) is 0 Å². The van der Waals surface area contributed by atoms with Crippen LogP contribution in [0.15, 0.2) is 24.3 Å². The molecule has 3 N–H and O–H groups in total. The zero-order chi connectivity index (χ0) is 16.0. The van der Waals surface area contributed by atoms with Crippen LogP contribution in [0.3, 0.4) is 0 Å². The van der Waals surface area contributed by atoms with Crippen LogP contribution in [0, 0.1) is 16.0 Å². The number of carbonyl (C=O) groups is 2. The van der Waals surface area contributed by atoms with Crippen molar-refractivity contribution in [1.82, 2.24) is 5.32 Å². The van der Waals surface area contributed by atoms with Crippen LogP contribution in [0.5, 0.6) is 0 Å². The fourth-order valence-electron chi connectivity index (χ4n) is 1.68. The van der Waals surface area contributed by atoms with E-state index < -0.39 is 23.0 Å². The van der Waals surface area contributed by atoms with Gasteiger partial charge < -0.3 is 15.7 Å². The van der Waals surface area contributed by atoms with Gasteiger partial charge in [-0.15, -0.1) is 0 Å². The predicted molar refractivity (Wildman–Crippen MR) is 76.1 cm³/mol. The number of amides is 2. The summed E-state index contributed by atoms with van der Waals surface area (Å²) in [5.74, 6) is -0.992. The molecule has 0 fully saturated rings. The monoisotopic (exact) mass is 295 g/mol. The van der Waals surface area contributed by atoms with Gasteiger partial charge in [0.2, 0.25) is 0 Å². The van der Waals surface area contributed by atoms with Crippen molar-refractivity contribution in [2.24, 2.45) is 5.92 Å². The van der Waals surface area contributed by atoms with Gasteiger partial charge in [-0.1, -0.05) is 13.8 Å². The minimum absolute atomic E-state index is 0.0934. The van der Waals surface area contributed by atoms with E-state index in [2.05, 4.69) is 10.6 Å². The molecule has 1 aromatic carbocycles. The summed E-state index contributed by atoms with van der Waals surface area (Å²) >= 11 is 0. The predicted octanol–water partition coefficient (Wildman–Crippen LogP) is 2.22. The standard InChI is InChI=1S/C13H17N3O5/c1-8(2)7-11(12(17)18)15-13(19)14-9-3-5-10(6-4-9)16(20)21/h3-6,8,11H,7H2,1-2H3,(H,17,18)(H2,14,15,19)/t11-/m1/s1. The first-order valence-corrected chi connectivity index (χ1v) is 6.34. The lowest BCUT2D eigenvalue weighted by Gasteiger charge is -2.16. The fourth-order valence-corrected chi connectivity index (χ4v) is 1.68. The number of nitro benzene ring substituents is 1. The fraction of sp³-hybridized carbons (Fsp3) is 0.385. The Balaban J connectivity index is 2.63. The second-order valence-corrected chi connectivity index (χ2v) is 4.92. The van der Waals surface area contributed by atoms with E-state index in [9.17, 15) is 19.7 Å². The first-order valence-electron chi connectivity index (χ1n) is 6.34. The molecule has 0 aliphatic heterocycles. The Hall–Kier alpha value is -2.64. The van der Waals surface area contributed by atoms with Crippen LogP contribution in [0.1, 0.15) is 20.3 Å². The van der Waals surface area contributed by atoms with Crippen LogP contribution < -0.4 is 10.6 Å². The van der Waals surface area contributed by atoms with Gasteiger partial charge in [-0.05, 0) is 24.5 Å². The molecule has 0 spiro atoms. The van der Waals surface area contributed by atoms with Crippen molar-refractivity contribution in [3.63, 3.8) is 0 Å². The quantitative estimate of drug-likeness (QED) is 0.548. The van der Waals surface area contributed by atoms with Crippen molar-refractivity contribution in [2.45, 2.75) is 26.3 Å². The number of non-ortho nitro benzene ring substituents is 1. The summed E-state index contributed by atoms with van der Waals surface area (Å²) in [6, 6.07) is 3.59. The molecular formula is C13H17N3O5. The van der Waals surface area contributed by atoms with E-state index >= 15 is 0 Å². The number of anilines is 1. The van der Waals surface area contributed by atoms with Gasteiger partial charge in [0, 0.05) is 17.8 Å². The van der Waals surface area contributed by atoms with E-state index in [-0.39, 0.29) is 11.6 Å². The number of nitrogens with zero attached hydrogens (tertiary/aromatic N) is 1. The van der Waals surface area contributed by atoms with Crippen LogP contribution in [0.4, 0.5) is 16.2 Å². The van der Waals surface area contributed by atoms with Crippen LogP contribution in [-0.2, 0) is 4.79 Å². The zero-order valence-electron chi connectivity index (χ0n) is 11.7. The van der Waals surface area contributed by atoms with E-state index in [0.29, 0.717) is 12.1 Å². The van der Waals surface area contributed by atoms with Gasteiger partial charge in [-0.25, -0.2) is 9.59 Å². The Bertz CT molecular complexity index is 527. The van der Waals surface area contributed by atoms with E-state index in [1.54, 1.807) is 0 Å². The molecule has 0 heterocycles. The van der Waals surface area contributed by atoms with Crippen molar-refractivity contribution in [3.8, 4) is 0 Å².